The number of anilines is 1. The van der Waals surface area contributed by atoms with E-state index in [2.05, 4.69) is 41.7 Å². The number of rotatable bonds is 5. The predicted octanol–water partition coefficient (Wildman–Crippen LogP) is 5.18. The van der Waals surface area contributed by atoms with E-state index in [-0.39, 0.29) is 0 Å². The summed E-state index contributed by atoms with van der Waals surface area (Å²) in [5, 5.41) is 12.6. The highest BCUT2D eigenvalue weighted by Gasteiger charge is 2.51. The van der Waals surface area contributed by atoms with Gasteiger partial charge in [0.05, 0.1) is 5.41 Å². The van der Waals surface area contributed by atoms with Gasteiger partial charge in [-0.3, -0.25) is 4.79 Å². The monoisotopic (exact) mass is 343 g/mol. The van der Waals surface area contributed by atoms with Crippen LogP contribution in [0.1, 0.15) is 18.4 Å². The lowest BCUT2D eigenvalue weighted by Crippen LogP contribution is -2.19. The average molecular weight is 343 g/mol. The standard InChI is InChI=1S/C23H21NO2/c1-24-21-5-3-2-4-20(21)18-8-6-16(7-9-18)17-10-12-19(13-11-17)23(14-15-23)22(25)26/h2-13,24H,14-15H2,1H3,(H,25,26). The zero-order chi connectivity index (χ0) is 18.1. The van der Waals surface area contributed by atoms with E-state index >= 15 is 0 Å². The number of hydrogen-bond acceptors (Lipinski definition) is 2. The van der Waals surface area contributed by atoms with Crippen molar-refractivity contribution < 1.29 is 9.90 Å². The Morgan fingerprint density at radius 2 is 1.38 bits per heavy atom. The molecule has 3 heteroatoms. The summed E-state index contributed by atoms with van der Waals surface area (Å²) < 4.78 is 0. The van der Waals surface area contributed by atoms with E-state index in [1.807, 2.05) is 43.4 Å². The molecule has 0 amide bonds. The molecule has 1 aliphatic rings. The Bertz CT molecular complexity index is 939. The fraction of sp³-hybridized carbons (Fsp3) is 0.174. The fourth-order valence-electron chi connectivity index (χ4n) is 3.53. The van der Waals surface area contributed by atoms with Crippen LogP contribution in [-0.4, -0.2) is 18.1 Å². The molecule has 0 heterocycles. The minimum Gasteiger partial charge on any atom is -0.481 e. The molecule has 0 spiro atoms. The molecule has 0 bridgehead atoms. The largest absolute Gasteiger partial charge is 0.481 e. The van der Waals surface area contributed by atoms with Crippen molar-refractivity contribution >= 4 is 11.7 Å². The van der Waals surface area contributed by atoms with Gasteiger partial charge in [0.15, 0.2) is 0 Å². The Hall–Kier alpha value is -3.07. The molecule has 130 valence electrons. The molecule has 1 fully saturated rings. The summed E-state index contributed by atoms with van der Waals surface area (Å²) >= 11 is 0. The van der Waals surface area contributed by atoms with Crippen molar-refractivity contribution in [3.8, 4) is 22.3 Å². The number of hydrogen-bond donors (Lipinski definition) is 2. The fourth-order valence-corrected chi connectivity index (χ4v) is 3.53. The maximum atomic E-state index is 11.5. The van der Waals surface area contributed by atoms with Crippen LogP contribution in [0.4, 0.5) is 5.69 Å². The second kappa shape index (κ2) is 6.34. The van der Waals surface area contributed by atoms with Crippen molar-refractivity contribution in [2.24, 2.45) is 0 Å². The first-order valence-electron chi connectivity index (χ1n) is 8.85. The van der Waals surface area contributed by atoms with Crippen molar-refractivity contribution in [2.75, 3.05) is 12.4 Å². The molecular weight excluding hydrogens is 322 g/mol. The minimum atomic E-state index is -0.710. The van der Waals surface area contributed by atoms with E-state index in [1.165, 1.54) is 5.56 Å². The van der Waals surface area contributed by atoms with Gasteiger partial charge in [0.2, 0.25) is 0 Å². The third kappa shape index (κ3) is 2.76. The molecule has 4 rings (SSSR count). The molecule has 0 saturated heterocycles. The first kappa shape index (κ1) is 16.4. The van der Waals surface area contributed by atoms with Gasteiger partial charge in [-0.05, 0) is 41.2 Å². The number of carboxylic acid groups (broad SMARTS) is 1. The van der Waals surface area contributed by atoms with Crippen LogP contribution in [0.5, 0.6) is 0 Å². The Kier molecular flexibility index (Phi) is 4.00. The number of carbonyl (C=O) groups is 1. The zero-order valence-electron chi connectivity index (χ0n) is 14.7. The van der Waals surface area contributed by atoms with Gasteiger partial charge >= 0.3 is 5.97 Å². The van der Waals surface area contributed by atoms with Gasteiger partial charge < -0.3 is 10.4 Å². The summed E-state index contributed by atoms with van der Waals surface area (Å²) in [5.41, 5.74) is 5.94. The summed E-state index contributed by atoms with van der Waals surface area (Å²) in [6.07, 6.45) is 1.47. The summed E-state index contributed by atoms with van der Waals surface area (Å²) in [6.45, 7) is 0. The molecule has 3 aromatic carbocycles. The van der Waals surface area contributed by atoms with Crippen molar-refractivity contribution in [3.63, 3.8) is 0 Å². The number of benzene rings is 3. The number of carboxylic acids is 1. The smallest absolute Gasteiger partial charge is 0.314 e. The van der Waals surface area contributed by atoms with E-state index < -0.39 is 11.4 Å². The summed E-state index contributed by atoms with van der Waals surface area (Å²) in [5.74, 6) is -0.710. The number of para-hydroxylation sites is 1. The third-order valence-corrected chi connectivity index (χ3v) is 5.32. The highest BCUT2D eigenvalue weighted by Crippen LogP contribution is 2.48. The maximum absolute atomic E-state index is 11.5. The van der Waals surface area contributed by atoms with Crippen LogP contribution in [0.3, 0.4) is 0 Å². The Morgan fingerprint density at radius 1 is 0.846 bits per heavy atom. The summed E-state index contributed by atoms with van der Waals surface area (Å²) in [6, 6.07) is 24.7. The lowest BCUT2D eigenvalue weighted by molar-refractivity contribution is -0.140. The third-order valence-electron chi connectivity index (χ3n) is 5.32. The molecule has 26 heavy (non-hydrogen) atoms. The lowest BCUT2D eigenvalue weighted by Gasteiger charge is -2.12. The molecule has 2 N–H and O–H groups in total. The topological polar surface area (TPSA) is 49.3 Å². The first-order valence-corrected chi connectivity index (χ1v) is 8.85. The molecule has 0 aliphatic heterocycles. The first-order chi connectivity index (χ1) is 12.6. The SMILES string of the molecule is CNc1ccccc1-c1ccc(-c2ccc(C3(C(=O)O)CC3)cc2)cc1. The average Bonchev–Trinajstić information content (AvgIpc) is 3.50. The zero-order valence-corrected chi connectivity index (χ0v) is 14.7. The van der Waals surface area contributed by atoms with E-state index in [0.717, 1.165) is 40.8 Å². The van der Waals surface area contributed by atoms with Gasteiger partial charge in [0.25, 0.3) is 0 Å². The Balaban J connectivity index is 1.60. The van der Waals surface area contributed by atoms with Crippen molar-refractivity contribution in [1.29, 1.82) is 0 Å². The highest BCUT2D eigenvalue weighted by molar-refractivity contribution is 5.85. The molecule has 1 saturated carbocycles. The predicted molar refractivity (Wildman–Crippen MR) is 105 cm³/mol. The molecule has 0 unspecified atom stereocenters. The van der Waals surface area contributed by atoms with Crippen molar-refractivity contribution in [1.82, 2.24) is 0 Å². The number of aliphatic carboxylic acids is 1. The molecule has 1 aliphatic carbocycles. The van der Waals surface area contributed by atoms with E-state index in [9.17, 15) is 9.90 Å². The second-order valence-corrected chi connectivity index (χ2v) is 6.84. The highest BCUT2D eigenvalue weighted by atomic mass is 16.4. The molecule has 0 radical (unpaired) electrons. The summed E-state index contributed by atoms with van der Waals surface area (Å²) in [7, 11) is 1.93. The van der Waals surface area contributed by atoms with E-state index in [4.69, 9.17) is 0 Å². The van der Waals surface area contributed by atoms with Crippen LogP contribution in [0, 0.1) is 0 Å². The Morgan fingerprint density at radius 3 is 1.92 bits per heavy atom. The van der Waals surface area contributed by atoms with E-state index in [1.54, 1.807) is 0 Å². The lowest BCUT2D eigenvalue weighted by atomic mass is 9.93. The van der Waals surface area contributed by atoms with Gasteiger partial charge in [0, 0.05) is 18.3 Å². The molecular formula is C23H21NO2. The minimum absolute atomic E-state index is 0.640. The van der Waals surface area contributed by atoms with Crippen LogP contribution < -0.4 is 5.32 Å². The van der Waals surface area contributed by atoms with Gasteiger partial charge in [-0.15, -0.1) is 0 Å². The number of nitrogens with one attached hydrogen (secondary N) is 1. The molecule has 0 atom stereocenters. The maximum Gasteiger partial charge on any atom is 0.314 e. The van der Waals surface area contributed by atoms with Crippen LogP contribution in [0.25, 0.3) is 22.3 Å². The van der Waals surface area contributed by atoms with Gasteiger partial charge in [-0.1, -0.05) is 66.7 Å². The van der Waals surface area contributed by atoms with Crippen LogP contribution in [-0.2, 0) is 10.2 Å². The van der Waals surface area contributed by atoms with Crippen LogP contribution in [0.2, 0.25) is 0 Å². The quantitative estimate of drug-likeness (QED) is 0.671. The Labute approximate surface area is 153 Å². The van der Waals surface area contributed by atoms with Gasteiger partial charge in [-0.25, -0.2) is 0 Å². The van der Waals surface area contributed by atoms with Crippen molar-refractivity contribution in [3.05, 3.63) is 78.4 Å². The van der Waals surface area contributed by atoms with Crippen LogP contribution in [0.15, 0.2) is 72.8 Å². The van der Waals surface area contributed by atoms with Crippen LogP contribution >= 0.6 is 0 Å². The molecule has 0 aromatic heterocycles. The van der Waals surface area contributed by atoms with Crippen molar-refractivity contribution in [2.45, 2.75) is 18.3 Å². The van der Waals surface area contributed by atoms with E-state index in [0.29, 0.717) is 0 Å². The van der Waals surface area contributed by atoms with Gasteiger partial charge in [-0.2, -0.15) is 0 Å². The van der Waals surface area contributed by atoms with Gasteiger partial charge in [0.1, 0.15) is 0 Å². The normalized spacial score (nSPS) is 14.7. The second-order valence-electron chi connectivity index (χ2n) is 6.84. The molecule has 3 nitrogen and oxygen atoms in total. The summed E-state index contributed by atoms with van der Waals surface area (Å²) in [4.78, 5) is 11.5. The molecule has 3 aromatic rings.